The van der Waals surface area contributed by atoms with E-state index in [0.717, 1.165) is 31.6 Å². The average Bonchev–Trinajstić information content (AvgIpc) is 2.67. The summed E-state index contributed by atoms with van der Waals surface area (Å²) in [6.45, 7) is 1.63. The van der Waals surface area contributed by atoms with E-state index in [1.807, 2.05) is 18.2 Å². The lowest BCUT2D eigenvalue weighted by molar-refractivity contribution is -0.120. The minimum Gasteiger partial charge on any atom is -0.369 e. The van der Waals surface area contributed by atoms with E-state index in [1.54, 1.807) is 6.07 Å². The van der Waals surface area contributed by atoms with Gasteiger partial charge in [0.1, 0.15) is 0 Å². The van der Waals surface area contributed by atoms with Crippen LogP contribution in [-0.4, -0.2) is 37.5 Å². The van der Waals surface area contributed by atoms with Crippen LogP contribution in [0.15, 0.2) is 48.5 Å². The van der Waals surface area contributed by atoms with E-state index in [0.29, 0.717) is 10.6 Å². The highest BCUT2D eigenvalue weighted by Crippen LogP contribution is 2.21. The lowest BCUT2D eigenvalue weighted by atomic mass is 10.0. The van der Waals surface area contributed by atoms with Crippen molar-refractivity contribution in [3.63, 3.8) is 0 Å². The summed E-state index contributed by atoms with van der Waals surface area (Å²) in [6.07, 6.45) is 1.93. The summed E-state index contributed by atoms with van der Waals surface area (Å²) in [5.74, 6) is -0.616. The van der Waals surface area contributed by atoms with Crippen LogP contribution in [-0.2, 0) is 4.79 Å². The molecule has 0 spiro atoms. The monoisotopic (exact) mass is 405 g/mol. The number of piperidine rings is 1. The Hall–Kier alpha value is -2.24. The Morgan fingerprint density at radius 1 is 1.11 bits per heavy atom. The highest BCUT2D eigenvalue weighted by atomic mass is 35.5. The highest BCUT2D eigenvalue weighted by Gasteiger charge is 2.22. The van der Waals surface area contributed by atoms with Crippen molar-refractivity contribution in [2.75, 3.05) is 24.5 Å². The number of nitrogens with one attached hydrogen (secondary N) is 2. The number of halogens is 2. The first kappa shape index (κ1) is 19.5. The lowest BCUT2D eigenvalue weighted by Crippen LogP contribution is -2.50. The summed E-state index contributed by atoms with van der Waals surface area (Å²) in [5, 5.41) is 6.31. The van der Waals surface area contributed by atoms with Gasteiger partial charge in [-0.2, -0.15) is 0 Å². The van der Waals surface area contributed by atoms with Crippen molar-refractivity contribution in [3.05, 3.63) is 64.1 Å². The Labute approximate surface area is 168 Å². The van der Waals surface area contributed by atoms with Gasteiger partial charge in [-0.05, 0) is 43.2 Å². The maximum atomic E-state index is 12.2. The lowest BCUT2D eigenvalue weighted by Gasteiger charge is -2.34. The average molecular weight is 406 g/mol. The van der Waals surface area contributed by atoms with Crippen LogP contribution in [0, 0.1) is 0 Å². The molecule has 1 unspecified atom stereocenters. The van der Waals surface area contributed by atoms with Crippen LogP contribution in [0.5, 0.6) is 0 Å². The largest absolute Gasteiger partial charge is 0.369 e. The molecule has 7 heteroatoms. The van der Waals surface area contributed by atoms with Gasteiger partial charge in [-0.25, -0.2) is 0 Å². The Morgan fingerprint density at radius 2 is 1.89 bits per heavy atom. The number of rotatable bonds is 5. The summed E-state index contributed by atoms with van der Waals surface area (Å²) in [4.78, 5) is 26.7. The first-order valence-electron chi connectivity index (χ1n) is 8.85. The topological polar surface area (TPSA) is 61.4 Å². The third-order valence-corrected chi connectivity index (χ3v) is 5.04. The Bertz CT molecular complexity index is 814. The molecule has 0 aromatic heterocycles. The zero-order valence-electron chi connectivity index (χ0n) is 14.8. The minimum atomic E-state index is -0.402. The van der Waals surface area contributed by atoms with Gasteiger partial charge in [0, 0.05) is 29.8 Å². The molecule has 0 radical (unpaired) electrons. The third-order valence-electron chi connectivity index (χ3n) is 4.49. The normalized spacial score (nSPS) is 16.7. The predicted molar refractivity (Wildman–Crippen MR) is 109 cm³/mol. The molecule has 0 saturated carbocycles. The van der Waals surface area contributed by atoms with E-state index in [-0.39, 0.29) is 23.5 Å². The molecule has 1 heterocycles. The van der Waals surface area contributed by atoms with E-state index in [9.17, 15) is 9.59 Å². The molecule has 2 amide bonds. The van der Waals surface area contributed by atoms with E-state index < -0.39 is 5.91 Å². The SMILES string of the molecule is O=C(CNC(=O)c1ccc(Cl)cc1Cl)NC1CCCN(c2ccccc2)C1. The number of hydrogen-bond donors (Lipinski definition) is 2. The molecular weight excluding hydrogens is 385 g/mol. The molecule has 2 N–H and O–H groups in total. The van der Waals surface area contributed by atoms with Gasteiger partial charge in [-0.3, -0.25) is 9.59 Å². The molecule has 3 rings (SSSR count). The second kappa shape index (κ2) is 9.11. The van der Waals surface area contributed by atoms with Crippen molar-refractivity contribution in [3.8, 4) is 0 Å². The molecule has 27 heavy (non-hydrogen) atoms. The Balaban J connectivity index is 1.49. The fraction of sp³-hybridized carbons (Fsp3) is 0.300. The van der Waals surface area contributed by atoms with Gasteiger partial charge in [-0.15, -0.1) is 0 Å². The molecule has 1 atom stereocenters. The molecular formula is C20H21Cl2N3O2. The standard InChI is InChI=1S/C20H21Cl2N3O2/c21-14-8-9-17(18(22)11-14)20(27)23-12-19(26)24-15-5-4-10-25(13-15)16-6-2-1-3-7-16/h1-3,6-9,11,15H,4-5,10,12-13H2,(H,23,27)(H,24,26). The van der Waals surface area contributed by atoms with Crippen molar-refractivity contribution in [2.45, 2.75) is 18.9 Å². The number of hydrogen-bond acceptors (Lipinski definition) is 3. The van der Waals surface area contributed by atoms with Gasteiger partial charge >= 0.3 is 0 Å². The number of para-hydroxylation sites is 1. The summed E-state index contributed by atoms with van der Waals surface area (Å²) in [6, 6.07) is 14.8. The quantitative estimate of drug-likeness (QED) is 0.799. The van der Waals surface area contributed by atoms with E-state index in [4.69, 9.17) is 23.2 Å². The molecule has 1 aliphatic rings. The predicted octanol–water partition coefficient (Wildman–Crippen LogP) is 3.51. The molecule has 1 fully saturated rings. The Morgan fingerprint density at radius 3 is 2.63 bits per heavy atom. The maximum absolute atomic E-state index is 12.2. The van der Waals surface area contributed by atoms with Crippen molar-refractivity contribution in [1.29, 1.82) is 0 Å². The number of benzene rings is 2. The van der Waals surface area contributed by atoms with Gasteiger partial charge in [-0.1, -0.05) is 41.4 Å². The molecule has 5 nitrogen and oxygen atoms in total. The highest BCUT2D eigenvalue weighted by molar-refractivity contribution is 6.36. The van der Waals surface area contributed by atoms with Gasteiger partial charge in [0.05, 0.1) is 17.1 Å². The van der Waals surface area contributed by atoms with Gasteiger partial charge in [0.25, 0.3) is 5.91 Å². The first-order chi connectivity index (χ1) is 13.0. The maximum Gasteiger partial charge on any atom is 0.253 e. The van der Waals surface area contributed by atoms with Crippen LogP contribution in [0.4, 0.5) is 5.69 Å². The van der Waals surface area contributed by atoms with Crippen LogP contribution in [0.2, 0.25) is 10.0 Å². The van der Waals surface area contributed by atoms with E-state index in [1.165, 1.54) is 12.1 Å². The number of anilines is 1. The fourth-order valence-corrected chi connectivity index (χ4v) is 3.67. The molecule has 2 aromatic rings. The van der Waals surface area contributed by atoms with Gasteiger partial charge in [0.2, 0.25) is 5.91 Å². The van der Waals surface area contributed by atoms with E-state index in [2.05, 4.69) is 27.7 Å². The smallest absolute Gasteiger partial charge is 0.253 e. The van der Waals surface area contributed by atoms with Crippen LogP contribution < -0.4 is 15.5 Å². The number of carbonyl (C=O) groups excluding carboxylic acids is 2. The first-order valence-corrected chi connectivity index (χ1v) is 9.61. The van der Waals surface area contributed by atoms with Gasteiger partial charge < -0.3 is 15.5 Å². The number of amides is 2. The van der Waals surface area contributed by atoms with Crippen molar-refractivity contribution < 1.29 is 9.59 Å². The van der Waals surface area contributed by atoms with Crippen LogP contribution in [0.3, 0.4) is 0 Å². The second-order valence-electron chi connectivity index (χ2n) is 6.50. The molecule has 1 saturated heterocycles. The minimum absolute atomic E-state index is 0.0579. The van der Waals surface area contributed by atoms with E-state index >= 15 is 0 Å². The summed E-state index contributed by atoms with van der Waals surface area (Å²) in [7, 11) is 0. The Kier molecular flexibility index (Phi) is 6.58. The molecule has 0 bridgehead atoms. The summed E-state index contributed by atoms with van der Waals surface area (Å²) in [5.41, 5.74) is 1.45. The summed E-state index contributed by atoms with van der Waals surface area (Å²) < 4.78 is 0. The van der Waals surface area contributed by atoms with Crippen molar-refractivity contribution in [2.24, 2.45) is 0 Å². The van der Waals surface area contributed by atoms with Crippen LogP contribution in [0.25, 0.3) is 0 Å². The van der Waals surface area contributed by atoms with Crippen LogP contribution >= 0.6 is 23.2 Å². The zero-order valence-corrected chi connectivity index (χ0v) is 16.3. The second-order valence-corrected chi connectivity index (χ2v) is 7.34. The summed E-state index contributed by atoms with van der Waals surface area (Å²) >= 11 is 11.8. The molecule has 2 aromatic carbocycles. The van der Waals surface area contributed by atoms with Gasteiger partial charge in [0.15, 0.2) is 0 Å². The fourth-order valence-electron chi connectivity index (χ4n) is 3.18. The molecule has 142 valence electrons. The van der Waals surface area contributed by atoms with Crippen molar-refractivity contribution in [1.82, 2.24) is 10.6 Å². The van der Waals surface area contributed by atoms with Crippen LogP contribution in [0.1, 0.15) is 23.2 Å². The number of nitrogens with zero attached hydrogens (tertiary/aromatic N) is 1. The number of carbonyl (C=O) groups is 2. The van der Waals surface area contributed by atoms with Crippen molar-refractivity contribution >= 4 is 40.7 Å². The third kappa shape index (κ3) is 5.37. The molecule has 0 aliphatic carbocycles. The zero-order chi connectivity index (χ0) is 19.2. The molecule has 1 aliphatic heterocycles.